The highest BCUT2D eigenvalue weighted by atomic mass is 16.4. The second kappa shape index (κ2) is 5.20. The minimum absolute atomic E-state index is 0.166. The van der Waals surface area contributed by atoms with E-state index in [4.69, 9.17) is 5.11 Å². The summed E-state index contributed by atoms with van der Waals surface area (Å²) in [6.45, 7) is 0.387. The molecular formula is C12H17N3O3. The van der Waals surface area contributed by atoms with E-state index in [0.29, 0.717) is 19.4 Å². The van der Waals surface area contributed by atoms with Crippen molar-refractivity contribution in [2.75, 3.05) is 0 Å². The Morgan fingerprint density at radius 2 is 2.22 bits per heavy atom. The van der Waals surface area contributed by atoms with Crippen molar-refractivity contribution in [3.8, 4) is 0 Å². The van der Waals surface area contributed by atoms with E-state index >= 15 is 0 Å². The minimum Gasteiger partial charge on any atom is -0.481 e. The van der Waals surface area contributed by atoms with Crippen molar-refractivity contribution < 1.29 is 14.7 Å². The Morgan fingerprint density at radius 1 is 1.50 bits per heavy atom. The molecule has 6 heteroatoms. The summed E-state index contributed by atoms with van der Waals surface area (Å²) in [5, 5.41) is 15.8. The summed E-state index contributed by atoms with van der Waals surface area (Å²) in [6, 6.07) is 1.82. The van der Waals surface area contributed by atoms with Crippen LogP contribution in [0, 0.1) is 11.8 Å². The number of aromatic nitrogens is 2. The highest BCUT2D eigenvalue weighted by Crippen LogP contribution is 2.32. The zero-order valence-electron chi connectivity index (χ0n) is 10.3. The summed E-state index contributed by atoms with van der Waals surface area (Å²) in [7, 11) is 1.80. The molecule has 2 atom stereocenters. The lowest BCUT2D eigenvalue weighted by atomic mass is 9.95. The molecule has 2 rings (SSSR count). The smallest absolute Gasteiger partial charge is 0.307 e. The van der Waals surface area contributed by atoms with Gasteiger partial charge in [-0.3, -0.25) is 14.3 Å². The first kappa shape index (κ1) is 12.6. The molecule has 1 aromatic rings. The average molecular weight is 251 g/mol. The van der Waals surface area contributed by atoms with Crippen LogP contribution in [0.25, 0.3) is 0 Å². The van der Waals surface area contributed by atoms with Crippen LogP contribution in [0.3, 0.4) is 0 Å². The third-order valence-electron chi connectivity index (χ3n) is 3.54. The molecule has 1 aliphatic carbocycles. The van der Waals surface area contributed by atoms with Crippen LogP contribution in [0.2, 0.25) is 0 Å². The van der Waals surface area contributed by atoms with E-state index in [1.807, 2.05) is 6.07 Å². The van der Waals surface area contributed by atoms with Gasteiger partial charge in [-0.15, -0.1) is 0 Å². The van der Waals surface area contributed by atoms with Crippen LogP contribution in [0.5, 0.6) is 0 Å². The van der Waals surface area contributed by atoms with Gasteiger partial charge in [-0.2, -0.15) is 5.10 Å². The Balaban J connectivity index is 1.92. The standard InChI is InChI=1S/C12H17N3O3/c1-15-8(5-6-14-15)7-13-11(16)9-3-2-4-10(9)12(17)18/h5-6,9-10H,2-4,7H2,1H3,(H,13,16)(H,17,18). The first-order valence-electron chi connectivity index (χ1n) is 6.07. The molecule has 1 aliphatic rings. The second-order valence-corrected chi connectivity index (χ2v) is 4.65. The predicted octanol–water partition coefficient (Wildman–Crippen LogP) is 0.537. The van der Waals surface area contributed by atoms with Crippen LogP contribution in [-0.4, -0.2) is 26.8 Å². The largest absolute Gasteiger partial charge is 0.481 e. The fraction of sp³-hybridized carbons (Fsp3) is 0.583. The molecule has 2 N–H and O–H groups in total. The summed E-state index contributed by atoms with van der Waals surface area (Å²) in [5.41, 5.74) is 0.897. The normalized spacial score (nSPS) is 22.9. The van der Waals surface area contributed by atoms with Gasteiger partial charge in [-0.1, -0.05) is 6.42 Å². The van der Waals surface area contributed by atoms with Crippen LogP contribution < -0.4 is 5.32 Å². The van der Waals surface area contributed by atoms with Gasteiger partial charge in [0, 0.05) is 13.2 Å². The van der Waals surface area contributed by atoms with Gasteiger partial charge in [0.2, 0.25) is 5.91 Å². The molecule has 1 saturated carbocycles. The van der Waals surface area contributed by atoms with E-state index in [1.165, 1.54) is 0 Å². The molecule has 1 aromatic heterocycles. The van der Waals surface area contributed by atoms with E-state index < -0.39 is 17.8 Å². The van der Waals surface area contributed by atoms with Crippen molar-refractivity contribution in [1.29, 1.82) is 0 Å². The number of rotatable bonds is 4. The Morgan fingerprint density at radius 3 is 2.83 bits per heavy atom. The molecule has 0 saturated heterocycles. The second-order valence-electron chi connectivity index (χ2n) is 4.65. The van der Waals surface area contributed by atoms with E-state index in [2.05, 4.69) is 10.4 Å². The number of carbonyl (C=O) groups excluding carboxylic acids is 1. The van der Waals surface area contributed by atoms with Crippen LogP contribution in [0.4, 0.5) is 0 Å². The average Bonchev–Trinajstić information content (AvgIpc) is 2.94. The minimum atomic E-state index is -0.867. The Labute approximate surface area is 105 Å². The number of nitrogens with zero attached hydrogens (tertiary/aromatic N) is 2. The number of aryl methyl sites for hydroxylation is 1. The van der Waals surface area contributed by atoms with Crippen molar-refractivity contribution in [1.82, 2.24) is 15.1 Å². The molecule has 1 fully saturated rings. The zero-order chi connectivity index (χ0) is 13.1. The predicted molar refractivity (Wildman–Crippen MR) is 63.5 cm³/mol. The fourth-order valence-corrected chi connectivity index (χ4v) is 2.45. The number of carbonyl (C=O) groups is 2. The third kappa shape index (κ3) is 2.52. The maximum Gasteiger partial charge on any atom is 0.307 e. The zero-order valence-corrected chi connectivity index (χ0v) is 10.3. The molecule has 0 bridgehead atoms. The molecule has 0 spiro atoms. The molecule has 2 unspecified atom stereocenters. The van der Waals surface area contributed by atoms with Gasteiger partial charge < -0.3 is 10.4 Å². The molecule has 1 heterocycles. The maximum atomic E-state index is 12.0. The third-order valence-corrected chi connectivity index (χ3v) is 3.54. The monoisotopic (exact) mass is 251 g/mol. The molecule has 1 amide bonds. The number of amides is 1. The van der Waals surface area contributed by atoms with E-state index in [9.17, 15) is 9.59 Å². The van der Waals surface area contributed by atoms with E-state index in [0.717, 1.165) is 12.1 Å². The molecule has 0 aliphatic heterocycles. The summed E-state index contributed by atoms with van der Waals surface area (Å²) < 4.78 is 1.68. The van der Waals surface area contributed by atoms with Gasteiger partial charge in [0.05, 0.1) is 24.1 Å². The van der Waals surface area contributed by atoms with Crippen molar-refractivity contribution in [3.05, 3.63) is 18.0 Å². The number of hydrogen-bond acceptors (Lipinski definition) is 3. The van der Waals surface area contributed by atoms with Gasteiger partial charge in [0.15, 0.2) is 0 Å². The number of carboxylic acids is 1. The van der Waals surface area contributed by atoms with E-state index in [1.54, 1.807) is 17.9 Å². The summed E-state index contributed by atoms with van der Waals surface area (Å²) in [6.07, 6.45) is 3.73. The lowest BCUT2D eigenvalue weighted by Gasteiger charge is -2.15. The Bertz CT molecular complexity index is 455. The maximum absolute atomic E-state index is 12.0. The van der Waals surface area contributed by atoms with Crippen molar-refractivity contribution in [3.63, 3.8) is 0 Å². The van der Waals surface area contributed by atoms with Gasteiger partial charge >= 0.3 is 5.97 Å². The SMILES string of the molecule is Cn1nccc1CNC(=O)C1CCCC1C(=O)O. The van der Waals surface area contributed by atoms with Crippen LogP contribution in [0.15, 0.2) is 12.3 Å². The van der Waals surface area contributed by atoms with Gasteiger partial charge in [-0.25, -0.2) is 0 Å². The molecule has 98 valence electrons. The Kier molecular flexibility index (Phi) is 3.64. The van der Waals surface area contributed by atoms with Gasteiger partial charge in [-0.05, 0) is 18.9 Å². The van der Waals surface area contributed by atoms with Gasteiger partial charge in [0.25, 0.3) is 0 Å². The first-order chi connectivity index (χ1) is 8.59. The number of aliphatic carboxylic acids is 1. The van der Waals surface area contributed by atoms with Crippen molar-refractivity contribution in [2.24, 2.45) is 18.9 Å². The van der Waals surface area contributed by atoms with Gasteiger partial charge in [0.1, 0.15) is 0 Å². The highest BCUT2D eigenvalue weighted by molar-refractivity contribution is 5.85. The molecular weight excluding hydrogens is 234 g/mol. The summed E-state index contributed by atoms with van der Waals surface area (Å²) in [5.74, 6) is -1.96. The number of hydrogen-bond donors (Lipinski definition) is 2. The topological polar surface area (TPSA) is 84.2 Å². The van der Waals surface area contributed by atoms with Crippen molar-refractivity contribution in [2.45, 2.75) is 25.8 Å². The lowest BCUT2D eigenvalue weighted by Crippen LogP contribution is -2.35. The lowest BCUT2D eigenvalue weighted by molar-refractivity contribution is -0.146. The quantitative estimate of drug-likeness (QED) is 0.818. The van der Waals surface area contributed by atoms with Crippen LogP contribution in [-0.2, 0) is 23.2 Å². The first-order valence-corrected chi connectivity index (χ1v) is 6.07. The van der Waals surface area contributed by atoms with Crippen molar-refractivity contribution >= 4 is 11.9 Å². The number of nitrogens with one attached hydrogen (secondary N) is 1. The van der Waals surface area contributed by atoms with E-state index in [-0.39, 0.29) is 5.91 Å². The molecule has 18 heavy (non-hydrogen) atoms. The molecule has 0 aromatic carbocycles. The van der Waals surface area contributed by atoms with Crippen LogP contribution >= 0.6 is 0 Å². The summed E-state index contributed by atoms with van der Waals surface area (Å²) in [4.78, 5) is 23.0. The number of carboxylic acid groups (broad SMARTS) is 1. The summed E-state index contributed by atoms with van der Waals surface area (Å²) >= 11 is 0. The molecule has 0 radical (unpaired) electrons. The highest BCUT2D eigenvalue weighted by Gasteiger charge is 2.37. The molecule has 6 nitrogen and oxygen atoms in total. The fourth-order valence-electron chi connectivity index (χ4n) is 2.45. The Hall–Kier alpha value is -1.85. The van der Waals surface area contributed by atoms with Crippen LogP contribution in [0.1, 0.15) is 25.0 Å².